The molecule has 2 aromatic rings. The summed E-state index contributed by atoms with van der Waals surface area (Å²) in [6.45, 7) is 1.55. The Balaban J connectivity index is 1.72. The van der Waals surface area contributed by atoms with E-state index in [9.17, 15) is 0 Å². The zero-order valence-electron chi connectivity index (χ0n) is 9.85. The summed E-state index contributed by atoms with van der Waals surface area (Å²) < 4.78 is 7.64. The van der Waals surface area contributed by atoms with E-state index in [1.54, 1.807) is 24.4 Å². The van der Waals surface area contributed by atoms with Crippen LogP contribution in [0.1, 0.15) is 12.8 Å². The molecule has 0 spiro atoms. The molecule has 96 valence electrons. The molecule has 3 nitrogen and oxygen atoms in total. The first-order chi connectivity index (χ1) is 8.77. The Kier molecular flexibility index (Phi) is 4.90. The van der Waals surface area contributed by atoms with Crippen molar-refractivity contribution in [3.63, 3.8) is 0 Å². The van der Waals surface area contributed by atoms with Gasteiger partial charge in [0.25, 0.3) is 0 Å². The van der Waals surface area contributed by atoms with Crippen molar-refractivity contribution in [1.82, 2.24) is 9.55 Å². The molecule has 0 saturated carbocycles. The average Bonchev–Trinajstić information content (AvgIpc) is 2.85. The fourth-order valence-electron chi connectivity index (χ4n) is 1.61. The third-order valence-corrected chi connectivity index (χ3v) is 3.13. The summed E-state index contributed by atoms with van der Waals surface area (Å²) in [5, 5.41) is 1.11. The van der Waals surface area contributed by atoms with Crippen LogP contribution in [0.4, 0.5) is 0 Å². The number of nitrogens with zero attached hydrogens (tertiary/aromatic N) is 2. The van der Waals surface area contributed by atoms with E-state index < -0.39 is 0 Å². The minimum atomic E-state index is 0.553. The normalized spacial score (nSPS) is 10.6. The first-order valence-corrected chi connectivity index (χ1v) is 6.55. The number of rotatable bonds is 6. The van der Waals surface area contributed by atoms with Gasteiger partial charge in [0.1, 0.15) is 0 Å². The van der Waals surface area contributed by atoms with E-state index in [0.29, 0.717) is 22.4 Å². The zero-order valence-corrected chi connectivity index (χ0v) is 11.4. The minimum absolute atomic E-state index is 0.553. The molecule has 0 aliphatic carbocycles. The highest BCUT2D eigenvalue weighted by Crippen LogP contribution is 2.32. The van der Waals surface area contributed by atoms with Crippen molar-refractivity contribution in [1.29, 1.82) is 0 Å². The largest absolute Gasteiger partial charge is 0.490 e. The van der Waals surface area contributed by atoms with Gasteiger partial charge in [-0.3, -0.25) is 0 Å². The Morgan fingerprint density at radius 3 is 2.61 bits per heavy atom. The summed E-state index contributed by atoms with van der Waals surface area (Å²) in [5.41, 5.74) is 0. The van der Waals surface area contributed by atoms with Gasteiger partial charge >= 0.3 is 0 Å². The Morgan fingerprint density at radius 1 is 1.17 bits per heavy atom. The number of hydrogen-bond donors (Lipinski definition) is 0. The number of halogens is 2. The molecule has 1 heterocycles. The van der Waals surface area contributed by atoms with Gasteiger partial charge in [-0.1, -0.05) is 29.3 Å². The molecule has 0 radical (unpaired) electrons. The van der Waals surface area contributed by atoms with Crippen LogP contribution >= 0.6 is 23.2 Å². The lowest BCUT2D eigenvalue weighted by Gasteiger charge is -2.09. The first-order valence-electron chi connectivity index (χ1n) is 5.80. The van der Waals surface area contributed by atoms with Gasteiger partial charge < -0.3 is 9.30 Å². The van der Waals surface area contributed by atoms with Crippen molar-refractivity contribution < 1.29 is 4.74 Å². The van der Waals surface area contributed by atoms with Gasteiger partial charge in [0.15, 0.2) is 5.75 Å². The van der Waals surface area contributed by atoms with Crippen molar-refractivity contribution in [2.45, 2.75) is 19.4 Å². The van der Waals surface area contributed by atoms with Crippen molar-refractivity contribution in [3.8, 4) is 5.75 Å². The molecule has 0 atom stereocenters. The molecule has 0 amide bonds. The Bertz CT molecular complexity index is 465. The monoisotopic (exact) mass is 284 g/mol. The van der Waals surface area contributed by atoms with Crippen molar-refractivity contribution >= 4 is 23.2 Å². The van der Waals surface area contributed by atoms with Crippen LogP contribution in [0.25, 0.3) is 0 Å². The van der Waals surface area contributed by atoms with Crippen LogP contribution in [-0.4, -0.2) is 16.2 Å². The topological polar surface area (TPSA) is 27.1 Å². The van der Waals surface area contributed by atoms with Gasteiger partial charge in [-0.2, -0.15) is 0 Å². The van der Waals surface area contributed by atoms with Crippen LogP contribution in [0.5, 0.6) is 5.75 Å². The number of para-hydroxylation sites is 1. The molecular weight excluding hydrogens is 271 g/mol. The third kappa shape index (κ3) is 3.65. The highest BCUT2D eigenvalue weighted by molar-refractivity contribution is 6.37. The van der Waals surface area contributed by atoms with Crippen molar-refractivity contribution in [2.24, 2.45) is 0 Å². The molecule has 2 rings (SSSR count). The number of benzene rings is 1. The number of ether oxygens (including phenoxy) is 1. The molecule has 1 aromatic heterocycles. The quantitative estimate of drug-likeness (QED) is 0.749. The Morgan fingerprint density at radius 2 is 1.94 bits per heavy atom. The van der Waals surface area contributed by atoms with Crippen molar-refractivity contribution in [2.75, 3.05) is 6.61 Å². The number of unbranched alkanes of at least 4 members (excludes halogenated alkanes) is 1. The molecule has 0 bridgehead atoms. The second kappa shape index (κ2) is 6.66. The lowest BCUT2D eigenvalue weighted by molar-refractivity contribution is 0.303. The fourth-order valence-corrected chi connectivity index (χ4v) is 2.12. The summed E-state index contributed by atoms with van der Waals surface area (Å²) in [6, 6.07) is 5.35. The fraction of sp³-hybridized carbons (Fsp3) is 0.308. The van der Waals surface area contributed by atoms with E-state index in [4.69, 9.17) is 27.9 Å². The van der Waals surface area contributed by atoms with E-state index in [2.05, 4.69) is 4.98 Å². The summed E-state index contributed by atoms with van der Waals surface area (Å²) in [6.07, 6.45) is 7.51. The van der Waals surface area contributed by atoms with Crippen LogP contribution in [0.2, 0.25) is 10.0 Å². The molecule has 1 aromatic carbocycles. The van der Waals surface area contributed by atoms with Crippen LogP contribution in [-0.2, 0) is 6.54 Å². The predicted octanol–water partition coefficient (Wildman–Crippen LogP) is 4.05. The molecule has 0 N–H and O–H groups in total. The highest BCUT2D eigenvalue weighted by atomic mass is 35.5. The standard InChI is InChI=1S/C13H14Cl2N2O/c14-11-4-3-5-12(15)13(11)18-9-2-1-7-17-8-6-16-10-17/h3-6,8,10H,1-2,7,9H2. The molecule has 0 aliphatic heterocycles. The molecule has 0 fully saturated rings. The highest BCUT2D eigenvalue weighted by Gasteiger charge is 2.05. The molecule has 5 heteroatoms. The summed E-state index contributed by atoms with van der Waals surface area (Å²) in [7, 11) is 0. The van der Waals surface area contributed by atoms with E-state index in [0.717, 1.165) is 19.4 Å². The van der Waals surface area contributed by atoms with E-state index in [-0.39, 0.29) is 0 Å². The maximum absolute atomic E-state index is 6.00. The van der Waals surface area contributed by atoms with Crippen molar-refractivity contribution in [3.05, 3.63) is 47.0 Å². The van der Waals surface area contributed by atoms with Crippen LogP contribution in [0.3, 0.4) is 0 Å². The van der Waals surface area contributed by atoms with Gasteiger partial charge in [-0.05, 0) is 25.0 Å². The first kappa shape index (κ1) is 13.2. The predicted molar refractivity (Wildman–Crippen MR) is 73.4 cm³/mol. The van der Waals surface area contributed by atoms with E-state index in [1.165, 1.54) is 0 Å². The number of imidazole rings is 1. The molecule has 18 heavy (non-hydrogen) atoms. The SMILES string of the molecule is Clc1cccc(Cl)c1OCCCCn1ccnc1. The summed E-state index contributed by atoms with van der Waals surface area (Å²) >= 11 is 12.0. The maximum atomic E-state index is 6.00. The minimum Gasteiger partial charge on any atom is -0.490 e. The number of hydrogen-bond acceptors (Lipinski definition) is 2. The zero-order chi connectivity index (χ0) is 12.8. The van der Waals surface area contributed by atoms with Gasteiger partial charge in [0.2, 0.25) is 0 Å². The number of aromatic nitrogens is 2. The van der Waals surface area contributed by atoms with Gasteiger partial charge in [0, 0.05) is 18.9 Å². The molecule has 0 saturated heterocycles. The van der Waals surface area contributed by atoms with E-state index >= 15 is 0 Å². The van der Waals surface area contributed by atoms with Gasteiger partial charge in [-0.15, -0.1) is 0 Å². The molecular formula is C13H14Cl2N2O. The summed E-state index contributed by atoms with van der Waals surface area (Å²) in [5.74, 6) is 0.573. The van der Waals surface area contributed by atoms with Crippen LogP contribution in [0.15, 0.2) is 36.9 Å². The second-order valence-electron chi connectivity index (χ2n) is 3.91. The third-order valence-electron chi connectivity index (χ3n) is 2.54. The van der Waals surface area contributed by atoms with Crippen LogP contribution in [0, 0.1) is 0 Å². The lowest BCUT2D eigenvalue weighted by atomic mass is 10.3. The second-order valence-corrected chi connectivity index (χ2v) is 4.72. The number of aryl methyl sites for hydroxylation is 1. The smallest absolute Gasteiger partial charge is 0.156 e. The van der Waals surface area contributed by atoms with E-state index in [1.807, 2.05) is 17.1 Å². The molecule has 0 unspecified atom stereocenters. The Hall–Kier alpha value is -1.19. The Labute approximate surface area is 116 Å². The lowest BCUT2D eigenvalue weighted by Crippen LogP contribution is -2.01. The van der Waals surface area contributed by atoms with Gasteiger partial charge in [-0.25, -0.2) is 4.98 Å². The van der Waals surface area contributed by atoms with Gasteiger partial charge in [0.05, 0.1) is 23.0 Å². The average molecular weight is 285 g/mol. The van der Waals surface area contributed by atoms with Crippen LogP contribution < -0.4 is 4.74 Å². The molecule has 0 aliphatic rings. The summed E-state index contributed by atoms with van der Waals surface area (Å²) in [4.78, 5) is 3.99. The maximum Gasteiger partial charge on any atom is 0.156 e.